The first-order valence-electron chi connectivity index (χ1n) is 6.34. The smallest absolute Gasteiger partial charge is 0.302 e. The fraction of sp³-hybridized carbons (Fsp3) is 0.429. The molecular weight excluding hydrogens is 318 g/mol. The fourth-order valence-electron chi connectivity index (χ4n) is 1.50. The highest BCUT2D eigenvalue weighted by Gasteiger charge is 2.34. The van der Waals surface area contributed by atoms with E-state index >= 15 is 0 Å². The van der Waals surface area contributed by atoms with Crippen LogP contribution in [0.25, 0.3) is 5.03 Å². The molecule has 0 radical (unpaired) electrons. The van der Waals surface area contributed by atoms with Crippen molar-refractivity contribution in [1.29, 1.82) is 0 Å². The molecule has 0 spiro atoms. The van der Waals surface area contributed by atoms with Gasteiger partial charge in [-0.2, -0.15) is 0 Å². The van der Waals surface area contributed by atoms with Gasteiger partial charge in [0.15, 0.2) is 0 Å². The lowest BCUT2D eigenvalue weighted by Crippen LogP contribution is -2.08. The van der Waals surface area contributed by atoms with Crippen molar-refractivity contribution >= 4 is 35.8 Å². The van der Waals surface area contributed by atoms with Gasteiger partial charge in [0.05, 0.1) is 17.2 Å². The molecule has 20 heavy (non-hydrogen) atoms. The summed E-state index contributed by atoms with van der Waals surface area (Å²) < 4.78 is 23.6. The molecular formula is C14H19Cl2O3P. The van der Waals surface area contributed by atoms with Crippen molar-refractivity contribution in [2.45, 2.75) is 39.9 Å². The molecule has 0 unspecified atom stereocenters. The second-order valence-electron chi connectivity index (χ2n) is 4.78. The van der Waals surface area contributed by atoms with Crippen molar-refractivity contribution in [1.82, 2.24) is 0 Å². The van der Waals surface area contributed by atoms with Crippen LogP contribution in [-0.4, -0.2) is 12.2 Å². The summed E-state index contributed by atoms with van der Waals surface area (Å²) in [6.07, 6.45) is -0.595. The normalized spacial score (nSPS) is 13.8. The van der Waals surface area contributed by atoms with E-state index in [0.29, 0.717) is 5.56 Å². The van der Waals surface area contributed by atoms with E-state index in [4.69, 9.17) is 32.2 Å². The molecule has 1 aromatic rings. The summed E-state index contributed by atoms with van der Waals surface area (Å²) in [6.45, 7) is 7.04. The van der Waals surface area contributed by atoms with E-state index in [0.717, 1.165) is 0 Å². The molecule has 0 amide bonds. The Labute approximate surface area is 130 Å². The van der Waals surface area contributed by atoms with Gasteiger partial charge in [-0.3, -0.25) is 4.57 Å². The van der Waals surface area contributed by atoms with Crippen molar-refractivity contribution in [3.05, 3.63) is 40.7 Å². The number of hydrogen-bond acceptors (Lipinski definition) is 3. The van der Waals surface area contributed by atoms with E-state index in [1.54, 1.807) is 39.8 Å². The topological polar surface area (TPSA) is 35.5 Å². The molecule has 0 atom stereocenters. The molecule has 3 nitrogen and oxygen atoms in total. The van der Waals surface area contributed by atoms with Gasteiger partial charge in [0, 0.05) is 0 Å². The van der Waals surface area contributed by atoms with E-state index in [2.05, 4.69) is 0 Å². The van der Waals surface area contributed by atoms with Crippen LogP contribution >= 0.6 is 30.8 Å². The quantitative estimate of drug-likeness (QED) is 0.612. The highest BCUT2D eigenvalue weighted by Crippen LogP contribution is 2.62. The molecule has 0 fully saturated rings. The minimum Gasteiger partial charge on any atom is -0.302 e. The van der Waals surface area contributed by atoms with Crippen LogP contribution in [0.15, 0.2) is 35.1 Å². The average Bonchev–Trinajstić information content (AvgIpc) is 2.36. The third-order valence-electron chi connectivity index (χ3n) is 2.15. The zero-order chi connectivity index (χ0) is 15.3. The summed E-state index contributed by atoms with van der Waals surface area (Å²) in [7, 11) is -3.63. The predicted octanol–water partition coefficient (Wildman–Crippen LogP) is 5.83. The Hall–Kier alpha value is -0.310. The highest BCUT2D eigenvalue weighted by molar-refractivity contribution is 7.61. The standard InChI is InChI=1S/C14H19Cl2O3P/c1-10(2)18-20(17,19-11(3)4)14(16)13(15)12-8-6-5-7-9-12/h5-11H,1-4H3/b14-13-. The Morgan fingerprint density at radius 3 is 1.85 bits per heavy atom. The van der Waals surface area contributed by atoms with Gasteiger partial charge in [-0.05, 0) is 33.3 Å². The monoisotopic (exact) mass is 336 g/mol. The largest absolute Gasteiger partial charge is 0.374 e. The van der Waals surface area contributed by atoms with Crippen molar-refractivity contribution in [3.63, 3.8) is 0 Å². The van der Waals surface area contributed by atoms with E-state index < -0.39 is 7.60 Å². The second-order valence-corrected chi connectivity index (χ2v) is 7.66. The molecule has 0 aliphatic rings. The zero-order valence-corrected chi connectivity index (χ0v) is 14.4. The van der Waals surface area contributed by atoms with Crippen LogP contribution in [-0.2, 0) is 13.6 Å². The second kappa shape index (κ2) is 7.63. The zero-order valence-electron chi connectivity index (χ0n) is 12.0. The molecule has 0 aliphatic heterocycles. The first kappa shape index (κ1) is 17.7. The Kier molecular flexibility index (Phi) is 6.77. The molecule has 0 saturated heterocycles. The third-order valence-corrected chi connectivity index (χ3v) is 5.70. The molecule has 6 heteroatoms. The van der Waals surface area contributed by atoms with Gasteiger partial charge in [0.1, 0.15) is 4.77 Å². The van der Waals surface area contributed by atoms with Crippen LogP contribution in [0.5, 0.6) is 0 Å². The maximum atomic E-state index is 12.8. The van der Waals surface area contributed by atoms with Crippen LogP contribution in [0.4, 0.5) is 0 Å². The first-order chi connectivity index (χ1) is 9.26. The minimum atomic E-state index is -3.63. The molecule has 1 rings (SSSR count). The highest BCUT2D eigenvalue weighted by atomic mass is 35.5. The molecule has 0 heterocycles. The van der Waals surface area contributed by atoms with E-state index in [1.165, 1.54) is 0 Å². The molecule has 0 saturated carbocycles. The van der Waals surface area contributed by atoms with Crippen molar-refractivity contribution < 1.29 is 13.6 Å². The van der Waals surface area contributed by atoms with E-state index in [-0.39, 0.29) is 22.0 Å². The molecule has 0 aromatic heterocycles. The molecule has 112 valence electrons. The van der Waals surface area contributed by atoms with E-state index in [1.807, 2.05) is 18.2 Å². The van der Waals surface area contributed by atoms with Gasteiger partial charge in [-0.15, -0.1) is 0 Å². The first-order valence-corrected chi connectivity index (χ1v) is 8.64. The predicted molar refractivity (Wildman–Crippen MR) is 85.1 cm³/mol. The summed E-state index contributed by atoms with van der Waals surface area (Å²) in [6, 6.07) is 9.05. The molecule has 1 aromatic carbocycles. The summed E-state index contributed by atoms with van der Waals surface area (Å²) >= 11 is 12.4. The maximum Gasteiger partial charge on any atom is 0.374 e. The molecule has 0 N–H and O–H groups in total. The van der Waals surface area contributed by atoms with Gasteiger partial charge in [0.25, 0.3) is 0 Å². The van der Waals surface area contributed by atoms with Crippen molar-refractivity contribution in [2.75, 3.05) is 0 Å². The minimum absolute atomic E-state index is 0.0900. The summed E-state index contributed by atoms with van der Waals surface area (Å²) in [5.74, 6) is 0. The summed E-state index contributed by atoms with van der Waals surface area (Å²) in [5, 5.41) is 0.178. The van der Waals surface area contributed by atoms with Crippen LogP contribution in [0, 0.1) is 0 Å². The van der Waals surface area contributed by atoms with Crippen molar-refractivity contribution in [2.24, 2.45) is 0 Å². The Morgan fingerprint density at radius 2 is 1.45 bits per heavy atom. The fourth-order valence-corrected chi connectivity index (χ4v) is 4.00. The number of hydrogen-bond donors (Lipinski definition) is 0. The van der Waals surface area contributed by atoms with Gasteiger partial charge in [0.2, 0.25) is 0 Å². The Balaban J connectivity index is 3.22. The SMILES string of the molecule is CC(C)OP(=O)(OC(C)C)/C(Cl)=C(\Cl)c1ccccc1. The Bertz CT molecular complexity index is 498. The Morgan fingerprint density at radius 1 is 1.00 bits per heavy atom. The molecule has 0 aliphatic carbocycles. The lowest BCUT2D eigenvalue weighted by atomic mass is 10.2. The van der Waals surface area contributed by atoms with Gasteiger partial charge in [-0.1, -0.05) is 53.5 Å². The summed E-state index contributed by atoms with van der Waals surface area (Å²) in [5.41, 5.74) is 0.666. The lowest BCUT2D eigenvalue weighted by molar-refractivity contribution is 0.148. The average molecular weight is 337 g/mol. The number of benzene rings is 1. The number of halogens is 2. The van der Waals surface area contributed by atoms with Gasteiger partial charge in [-0.25, -0.2) is 0 Å². The van der Waals surface area contributed by atoms with E-state index in [9.17, 15) is 4.57 Å². The lowest BCUT2D eigenvalue weighted by Gasteiger charge is -2.23. The summed E-state index contributed by atoms with van der Waals surface area (Å²) in [4.78, 5) is 0. The number of rotatable bonds is 6. The van der Waals surface area contributed by atoms with Crippen LogP contribution in [0.3, 0.4) is 0 Å². The van der Waals surface area contributed by atoms with Crippen LogP contribution in [0.2, 0.25) is 0 Å². The maximum absolute atomic E-state index is 12.8. The van der Waals surface area contributed by atoms with Crippen molar-refractivity contribution in [3.8, 4) is 0 Å². The molecule has 0 bridgehead atoms. The van der Waals surface area contributed by atoms with Gasteiger partial charge < -0.3 is 9.05 Å². The van der Waals surface area contributed by atoms with Crippen LogP contribution < -0.4 is 0 Å². The van der Waals surface area contributed by atoms with Gasteiger partial charge >= 0.3 is 7.60 Å². The third kappa shape index (κ3) is 4.91. The van der Waals surface area contributed by atoms with Crippen LogP contribution in [0.1, 0.15) is 33.3 Å².